The summed E-state index contributed by atoms with van der Waals surface area (Å²) in [5, 5.41) is 6.48. The lowest BCUT2D eigenvalue weighted by atomic mass is 9.99. The number of nitrogens with zero attached hydrogens (tertiary/aromatic N) is 4. The number of benzene rings is 10. The van der Waals surface area contributed by atoms with Crippen LogP contribution in [0.1, 0.15) is 0 Å². The molecule has 69 heavy (non-hydrogen) atoms. The second-order valence-electron chi connectivity index (χ2n) is 17.5. The van der Waals surface area contributed by atoms with Gasteiger partial charge in [-0.05, 0) is 88.0 Å². The quantitative estimate of drug-likeness (QED) is 0.159. The van der Waals surface area contributed by atoms with Crippen LogP contribution in [0.4, 0.5) is 0 Å². The Bertz CT molecular complexity index is 4290. The predicted molar refractivity (Wildman–Crippen MR) is 281 cm³/mol. The topological polar surface area (TPSA) is 69.9 Å². The van der Waals surface area contributed by atoms with E-state index in [9.17, 15) is 0 Å². The fourth-order valence-electron chi connectivity index (χ4n) is 10.1. The molecule has 0 aliphatic rings. The van der Waals surface area contributed by atoms with Gasteiger partial charge in [0.2, 0.25) is 0 Å². The Kier molecular flexibility index (Phi) is 8.79. The highest BCUT2D eigenvalue weighted by Crippen LogP contribution is 2.43. The van der Waals surface area contributed by atoms with Crippen LogP contribution in [0, 0.1) is 0 Å². The van der Waals surface area contributed by atoms with Gasteiger partial charge in [0.05, 0.1) is 22.3 Å². The Morgan fingerprint density at radius 1 is 0.275 bits per heavy atom. The van der Waals surface area contributed by atoms with Gasteiger partial charge in [0.15, 0.2) is 23.1 Å². The van der Waals surface area contributed by atoms with Crippen LogP contribution in [0.15, 0.2) is 239 Å². The van der Waals surface area contributed by atoms with Crippen LogP contribution in [0.25, 0.3) is 139 Å². The van der Waals surface area contributed by atoms with Gasteiger partial charge in [0.25, 0.3) is 0 Å². The molecule has 0 unspecified atom stereocenters. The molecular formula is C63H38N4O2. The predicted octanol–water partition coefficient (Wildman–Crippen LogP) is 16.8. The molecule has 322 valence electrons. The summed E-state index contributed by atoms with van der Waals surface area (Å²) < 4.78 is 16.0. The SMILES string of the molecule is c1ccc(-c2ccc(-c3nc(-c4ccccc4)nc(-c4cccc5c4oc4ccc(-c6cc(-n7c8ccccc8c8cc(-c9ccccc9)ccc87)c7oc8ccccc8c7c6)cc45)n3)cc2)cc1. The summed E-state index contributed by atoms with van der Waals surface area (Å²) in [6.07, 6.45) is 0. The van der Waals surface area contributed by atoms with E-state index in [4.69, 9.17) is 23.8 Å². The molecule has 0 bridgehead atoms. The molecule has 0 N–H and O–H groups in total. The van der Waals surface area contributed by atoms with Gasteiger partial charge in [0, 0.05) is 43.4 Å². The van der Waals surface area contributed by atoms with E-state index in [0.29, 0.717) is 17.5 Å². The van der Waals surface area contributed by atoms with Crippen molar-refractivity contribution in [1.29, 1.82) is 0 Å². The van der Waals surface area contributed by atoms with Gasteiger partial charge in [-0.25, -0.2) is 15.0 Å². The minimum Gasteiger partial charge on any atom is -0.455 e. The first kappa shape index (κ1) is 38.8. The molecule has 4 aromatic heterocycles. The first-order valence-corrected chi connectivity index (χ1v) is 23.2. The maximum absolute atomic E-state index is 6.80. The van der Waals surface area contributed by atoms with Gasteiger partial charge >= 0.3 is 0 Å². The molecule has 0 spiro atoms. The number of hydrogen-bond acceptors (Lipinski definition) is 5. The Hall–Kier alpha value is -9.39. The number of fused-ring (bicyclic) bond motifs is 9. The standard InChI is InChI=1S/C63H38N4O2/c1-4-15-39(16-5-1)41-27-29-43(30-28-41)62-64-61(42-19-8-3-9-20-42)65-63(66-62)50-24-14-23-49-52-36-45(32-34-58(52)68-59(49)50)46-37-53-48-22-11-13-26-57(48)69-60(53)56(38-46)67-54-25-12-10-21-47(54)51-35-44(31-33-55(51)67)40-17-6-2-7-18-40/h1-38H. The molecule has 0 atom stereocenters. The van der Waals surface area contributed by atoms with Gasteiger partial charge < -0.3 is 13.4 Å². The van der Waals surface area contributed by atoms with Crippen LogP contribution in [-0.2, 0) is 0 Å². The van der Waals surface area contributed by atoms with Crippen LogP contribution in [-0.4, -0.2) is 19.5 Å². The summed E-state index contributed by atoms with van der Waals surface area (Å²) in [5.41, 5.74) is 15.8. The third-order valence-corrected chi connectivity index (χ3v) is 13.5. The molecular weight excluding hydrogens is 845 g/mol. The second kappa shape index (κ2) is 15.6. The van der Waals surface area contributed by atoms with Gasteiger partial charge in [-0.2, -0.15) is 0 Å². The average Bonchev–Trinajstić information content (AvgIpc) is 4.11. The summed E-state index contributed by atoms with van der Waals surface area (Å²) in [5.74, 6) is 1.72. The second-order valence-corrected chi connectivity index (χ2v) is 17.5. The van der Waals surface area contributed by atoms with E-state index in [-0.39, 0.29) is 0 Å². The normalized spacial score (nSPS) is 11.8. The molecule has 6 heteroatoms. The summed E-state index contributed by atoms with van der Waals surface area (Å²) in [4.78, 5) is 15.3. The number of hydrogen-bond donors (Lipinski definition) is 0. The molecule has 0 radical (unpaired) electrons. The van der Waals surface area contributed by atoms with E-state index in [1.807, 2.05) is 48.5 Å². The molecule has 4 heterocycles. The van der Waals surface area contributed by atoms with Crippen LogP contribution in [0.3, 0.4) is 0 Å². The molecule has 0 saturated heterocycles. The lowest BCUT2D eigenvalue weighted by molar-refractivity contribution is 0.666. The van der Waals surface area contributed by atoms with E-state index in [2.05, 4.69) is 187 Å². The zero-order valence-corrected chi connectivity index (χ0v) is 37.0. The third-order valence-electron chi connectivity index (χ3n) is 13.5. The van der Waals surface area contributed by atoms with Crippen molar-refractivity contribution in [2.45, 2.75) is 0 Å². The summed E-state index contributed by atoms with van der Waals surface area (Å²) in [6.45, 7) is 0. The molecule has 6 nitrogen and oxygen atoms in total. The molecule has 0 saturated carbocycles. The van der Waals surface area contributed by atoms with E-state index in [1.54, 1.807) is 0 Å². The highest BCUT2D eigenvalue weighted by Gasteiger charge is 2.22. The third kappa shape index (κ3) is 6.45. The Balaban J connectivity index is 0.931. The molecule has 10 aromatic carbocycles. The van der Waals surface area contributed by atoms with Crippen LogP contribution in [0.2, 0.25) is 0 Å². The lowest BCUT2D eigenvalue weighted by Gasteiger charge is -2.12. The first-order chi connectivity index (χ1) is 34.2. The Morgan fingerprint density at radius 2 is 0.768 bits per heavy atom. The highest BCUT2D eigenvalue weighted by molar-refractivity contribution is 6.15. The Labute approximate surface area is 396 Å². The Morgan fingerprint density at radius 3 is 1.54 bits per heavy atom. The maximum atomic E-state index is 6.80. The number of aromatic nitrogens is 4. The number of furan rings is 2. The van der Waals surface area contributed by atoms with Crippen molar-refractivity contribution in [1.82, 2.24) is 19.5 Å². The molecule has 0 aliphatic carbocycles. The average molecular weight is 883 g/mol. The smallest absolute Gasteiger partial charge is 0.167 e. The number of rotatable bonds is 7. The van der Waals surface area contributed by atoms with Gasteiger partial charge in [-0.15, -0.1) is 0 Å². The summed E-state index contributed by atoms with van der Waals surface area (Å²) >= 11 is 0. The van der Waals surface area contributed by atoms with Gasteiger partial charge in [-0.3, -0.25) is 0 Å². The monoisotopic (exact) mass is 882 g/mol. The van der Waals surface area contributed by atoms with Crippen LogP contribution in [0.5, 0.6) is 0 Å². The van der Waals surface area contributed by atoms with E-state index in [0.717, 1.165) is 99.5 Å². The van der Waals surface area contributed by atoms with Crippen molar-refractivity contribution in [2.75, 3.05) is 0 Å². The van der Waals surface area contributed by atoms with E-state index >= 15 is 0 Å². The molecule has 0 aliphatic heterocycles. The zero-order valence-electron chi connectivity index (χ0n) is 37.0. The number of para-hydroxylation sites is 3. The van der Waals surface area contributed by atoms with Crippen molar-refractivity contribution in [2.24, 2.45) is 0 Å². The van der Waals surface area contributed by atoms with Crippen molar-refractivity contribution in [3.63, 3.8) is 0 Å². The van der Waals surface area contributed by atoms with Crippen molar-refractivity contribution in [3.8, 4) is 73.2 Å². The van der Waals surface area contributed by atoms with Gasteiger partial charge in [-0.1, -0.05) is 176 Å². The molecule has 0 amide bonds. The minimum absolute atomic E-state index is 0.542. The summed E-state index contributed by atoms with van der Waals surface area (Å²) in [6, 6.07) is 80.5. The molecule has 0 fully saturated rings. The summed E-state index contributed by atoms with van der Waals surface area (Å²) in [7, 11) is 0. The van der Waals surface area contributed by atoms with Crippen molar-refractivity contribution < 1.29 is 8.83 Å². The van der Waals surface area contributed by atoms with Crippen molar-refractivity contribution >= 4 is 65.7 Å². The first-order valence-electron chi connectivity index (χ1n) is 23.2. The largest absolute Gasteiger partial charge is 0.455 e. The molecule has 14 rings (SSSR count). The lowest BCUT2D eigenvalue weighted by Crippen LogP contribution is -2.00. The van der Waals surface area contributed by atoms with Crippen LogP contribution < -0.4 is 0 Å². The highest BCUT2D eigenvalue weighted by atomic mass is 16.3. The van der Waals surface area contributed by atoms with Crippen molar-refractivity contribution in [3.05, 3.63) is 231 Å². The maximum Gasteiger partial charge on any atom is 0.167 e. The molecule has 14 aromatic rings. The minimum atomic E-state index is 0.542. The fourth-order valence-corrected chi connectivity index (χ4v) is 10.1. The van der Waals surface area contributed by atoms with E-state index in [1.165, 1.54) is 21.9 Å². The van der Waals surface area contributed by atoms with Gasteiger partial charge in [0.1, 0.15) is 16.7 Å². The van der Waals surface area contributed by atoms with Crippen LogP contribution >= 0.6 is 0 Å². The zero-order chi connectivity index (χ0) is 45.4. The van der Waals surface area contributed by atoms with E-state index < -0.39 is 0 Å². The fraction of sp³-hybridized carbons (Fsp3) is 0.